The van der Waals surface area contributed by atoms with Gasteiger partial charge >= 0.3 is 0 Å². The van der Waals surface area contributed by atoms with Crippen LogP contribution >= 0.6 is 12.4 Å². The Bertz CT molecular complexity index is 215. The first-order chi connectivity index (χ1) is 7.72. The average molecular weight is 265 g/mol. The normalized spacial score (nSPS) is 23.2. The summed E-state index contributed by atoms with van der Waals surface area (Å²) < 4.78 is 5.66. The summed E-state index contributed by atoms with van der Waals surface area (Å²) >= 11 is 0. The maximum absolute atomic E-state index is 11.4. The SMILES string of the molecule is CCNCCNC(=O)CCC1CCC(C)O1.Cl. The molecule has 0 aromatic heterocycles. The van der Waals surface area contributed by atoms with Crippen molar-refractivity contribution in [3.63, 3.8) is 0 Å². The first-order valence-electron chi connectivity index (χ1n) is 6.35. The van der Waals surface area contributed by atoms with Gasteiger partial charge in [-0.3, -0.25) is 4.79 Å². The van der Waals surface area contributed by atoms with E-state index in [1.807, 2.05) is 0 Å². The molecule has 1 fully saturated rings. The van der Waals surface area contributed by atoms with Gasteiger partial charge in [-0.15, -0.1) is 12.4 Å². The zero-order chi connectivity index (χ0) is 11.8. The van der Waals surface area contributed by atoms with Crippen molar-refractivity contribution in [2.45, 2.75) is 51.7 Å². The number of carbonyl (C=O) groups is 1. The number of halogens is 1. The van der Waals surface area contributed by atoms with Gasteiger partial charge in [0, 0.05) is 19.5 Å². The molecule has 0 aromatic rings. The first-order valence-corrected chi connectivity index (χ1v) is 6.35. The van der Waals surface area contributed by atoms with Gasteiger partial charge < -0.3 is 15.4 Å². The Morgan fingerprint density at radius 3 is 2.71 bits per heavy atom. The maximum Gasteiger partial charge on any atom is 0.220 e. The third-order valence-electron chi connectivity index (χ3n) is 2.89. The second-order valence-corrected chi connectivity index (χ2v) is 4.39. The standard InChI is InChI=1S/C12H24N2O2.ClH/c1-3-13-8-9-14-12(15)7-6-11-5-4-10(2)16-11;/h10-11,13H,3-9H2,1-2H3,(H,14,15);1H. The molecule has 1 heterocycles. The number of ether oxygens (including phenoxy) is 1. The van der Waals surface area contributed by atoms with Gasteiger partial charge in [0.15, 0.2) is 0 Å². The van der Waals surface area contributed by atoms with Crippen molar-refractivity contribution in [1.29, 1.82) is 0 Å². The monoisotopic (exact) mass is 264 g/mol. The lowest BCUT2D eigenvalue weighted by atomic mass is 10.1. The van der Waals surface area contributed by atoms with Crippen molar-refractivity contribution in [2.75, 3.05) is 19.6 Å². The van der Waals surface area contributed by atoms with Crippen molar-refractivity contribution < 1.29 is 9.53 Å². The fourth-order valence-corrected chi connectivity index (χ4v) is 1.95. The van der Waals surface area contributed by atoms with E-state index in [4.69, 9.17) is 4.74 Å². The Hall–Kier alpha value is -0.320. The smallest absolute Gasteiger partial charge is 0.220 e. The van der Waals surface area contributed by atoms with E-state index < -0.39 is 0 Å². The van der Waals surface area contributed by atoms with Gasteiger partial charge in [-0.1, -0.05) is 6.92 Å². The molecule has 17 heavy (non-hydrogen) atoms. The molecule has 2 unspecified atom stereocenters. The van der Waals surface area contributed by atoms with Crippen LogP contribution < -0.4 is 10.6 Å². The number of nitrogens with one attached hydrogen (secondary N) is 2. The summed E-state index contributed by atoms with van der Waals surface area (Å²) in [5, 5.41) is 6.06. The van der Waals surface area contributed by atoms with Crippen LogP contribution in [0.1, 0.15) is 39.5 Å². The topological polar surface area (TPSA) is 50.4 Å². The zero-order valence-electron chi connectivity index (χ0n) is 10.8. The molecule has 0 bridgehead atoms. The van der Waals surface area contributed by atoms with E-state index in [1.54, 1.807) is 0 Å². The van der Waals surface area contributed by atoms with Crippen molar-refractivity contribution in [2.24, 2.45) is 0 Å². The molecule has 0 spiro atoms. The van der Waals surface area contributed by atoms with Gasteiger partial charge in [0.1, 0.15) is 0 Å². The van der Waals surface area contributed by atoms with Gasteiger partial charge in [-0.2, -0.15) is 0 Å². The fraction of sp³-hybridized carbons (Fsp3) is 0.917. The molecule has 1 rings (SSSR count). The Balaban J connectivity index is 0.00000256. The molecule has 1 amide bonds. The second-order valence-electron chi connectivity index (χ2n) is 4.39. The number of rotatable bonds is 7. The lowest BCUT2D eigenvalue weighted by Crippen LogP contribution is -2.32. The van der Waals surface area contributed by atoms with E-state index >= 15 is 0 Å². The number of hydrogen-bond donors (Lipinski definition) is 2. The third kappa shape index (κ3) is 7.58. The molecule has 1 saturated heterocycles. The Kier molecular flexibility index (Phi) is 9.50. The van der Waals surface area contributed by atoms with Crippen molar-refractivity contribution >= 4 is 18.3 Å². The molecule has 2 atom stereocenters. The van der Waals surface area contributed by atoms with E-state index in [0.29, 0.717) is 25.2 Å². The quantitative estimate of drug-likeness (QED) is 0.685. The van der Waals surface area contributed by atoms with E-state index in [9.17, 15) is 4.79 Å². The van der Waals surface area contributed by atoms with Gasteiger partial charge in [0.25, 0.3) is 0 Å². The van der Waals surface area contributed by atoms with Gasteiger partial charge in [-0.05, 0) is 32.7 Å². The summed E-state index contributed by atoms with van der Waals surface area (Å²) in [6.45, 7) is 6.66. The van der Waals surface area contributed by atoms with E-state index in [1.165, 1.54) is 0 Å². The Morgan fingerprint density at radius 2 is 2.12 bits per heavy atom. The molecule has 0 saturated carbocycles. The average Bonchev–Trinajstić information content (AvgIpc) is 2.68. The molecule has 4 nitrogen and oxygen atoms in total. The zero-order valence-corrected chi connectivity index (χ0v) is 11.6. The first kappa shape index (κ1) is 16.7. The van der Waals surface area contributed by atoms with Crippen molar-refractivity contribution in [3.8, 4) is 0 Å². The van der Waals surface area contributed by atoms with Gasteiger partial charge in [0.05, 0.1) is 12.2 Å². The molecular weight excluding hydrogens is 240 g/mol. The van der Waals surface area contributed by atoms with E-state index in [2.05, 4.69) is 24.5 Å². The maximum atomic E-state index is 11.4. The van der Waals surface area contributed by atoms with Crippen LogP contribution in [0.15, 0.2) is 0 Å². The molecule has 0 aliphatic carbocycles. The predicted molar refractivity (Wildman–Crippen MR) is 71.6 cm³/mol. The fourth-order valence-electron chi connectivity index (χ4n) is 1.95. The van der Waals surface area contributed by atoms with Crippen LogP contribution in [0.5, 0.6) is 0 Å². The largest absolute Gasteiger partial charge is 0.375 e. The number of hydrogen-bond acceptors (Lipinski definition) is 3. The van der Waals surface area contributed by atoms with Crippen LogP contribution in [0, 0.1) is 0 Å². The molecule has 2 N–H and O–H groups in total. The number of carbonyl (C=O) groups excluding carboxylic acids is 1. The summed E-state index contributed by atoms with van der Waals surface area (Å²) in [5.74, 6) is 0.140. The molecule has 5 heteroatoms. The second kappa shape index (κ2) is 9.68. The minimum absolute atomic E-state index is 0. The van der Waals surface area contributed by atoms with E-state index in [-0.39, 0.29) is 18.3 Å². The van der Waals surface area contributed by atoms with Gasteiger partial charge in [0.2, 0.25) is 5.91 Å². The molecule has 1 aliphatic heterocycles. The molecule has 1 aliphatic rings. The number of amides is 1. The predicted octanol–water partition coefficient (Wildman–Crippen LogP) is 1.48. The molecule has 102 valence electrons. The van der Waals surface area contributed by atoms with Crippen molar-refractivity contribution in [3.05, 3.63) is 0 Å². The van der Waals surface area contributed by atoms with Crippen LogP contribution in [0.4, 0.5) is 0 Å². The van der Waals surface area contributed by atoms with E-state index in [0.717, 1.165) is 32.4 Å². The third-order valence-corrected chi connectivity index (χ3v) is 2.89. The Morgan fingerprint density at radius 1 is 1.35 bits per heavy atom. The Labute approximate surface area is 110 Å². The van der Waals surface area contributed by atoms with Crippen LogP contribution in [0.2, 0.25) is 0 Å². The minimum atomic E-state index is 0. The highest BCUT2D eigenvalue weighted by molar-refractivity contribution is 5.85. The summed E-state index contributed by atoms with van der Waals surface area (Å²) in [7, 11) is 0. The summed E-state index contributed by atoms with van der Waals surface area (Å²) in [6, 6.07) is 0. The highest BCUT2D eigenvalue weighted by Crippen LogP contribution is 2.22. The van der Waals surface area contributed by atoms with Crippen LogP contribution in [0.25, 0.3) is 0 Å². The van der Waals surface area contributed by atoms with Crippen molar-refractivity contribution in [1.82, 2.24) is 10.6 Å². The highest BCUT2D eigenvalue weighted by Gasteiger charge is 2.21. The highest BCUT2D eigenvalue weighted by atomic mass is 35.5. The lowest BCUT2D eigenvalue weighted by molar-refractivity contribution is -0.121. The number of likely N-dealkylation sites (N-methyl/N-ethyl adjacent to an activating group) is 1. The molecular formula is C12H25ClN2O2. The minimum Gasteiger partial charge on any atom is -0.375 e. The lowest BCUT2D eigenvalue weighted by Gasteiger charge is -2.11. The summed E-state index contributed by atoms with van der Waals surface area (Å²) in [6.07, 6.45) is 4.36. The van der Waals surface area contributed by atoms with Gasteiger partial charge in [-0.25, -0.2) is 0 Å². The summed E-state index contributed by atoms with van der Waals surface area (Å²) in [5.41, 5.74) is 0. The molecule has 0 radical (unpaired) electrons. The molecule has 0 aromatic carbocycles. The van der Waals surface area contributed by atoms with Crippen LogP contribution in [-0.2, 0) is 9.53 Å². The van der Waals surface area contributed by atoms with Crippen LogP contribution in [-0.4, -0.2) is 37.7 Å². The summed E-state index contributed by atoms with van der Waals surface area (Å²) in [4.78, 5) is 11.4. The van der Waals surface area contributed by atoms with Crippen LogP contribution in [0.3, 0.4) is 0 Å².